The van der Waals surface area contributed by atoms with Crippen LogP contribution in [0.3, 0.4) is 0 Å². The second kappa shape index (κ2) is 31.0. The summed E-state index contributed by atoms with van der Waals surface area (Å²) in [7, 11) is -5.06. The number of aliphatic hydroxyl groups excluding tert-OH is 2. The van der Waals surface area contributed by atoms with E-state index in [0.29, 0.717) is 12.8 Å². The van der Waals surface area contributed by atoms with Crippen LogP contribution in [0.15, 0.2) is 0 Å². The van der Waals surface area contributed by atoms with E-state index < -0.39 is 31.9 Å². The summed E-state index contributed by atoms with van der Waals surface area (Å²) in [6, 6.07) is 0. The van der Waals surface area contributed by atoms with E-state index in [1.165, 1.54) is 128 Å². The molecule has 0 saturated carbocycles. The normalized spacial score (nSPS) is 14.1. The minimum absolute atomic E-state index is 0.00452. The summed E-state index contributed by atoms with van der Waals surface area (Å²) in [5.74, 6) is -0.517. The fourth-order valence-corrected chi connectivity index (χ4v) is 7.20. The minimum Gasteiger partial charge on any atom is -0.394 e. The van der Waals surface area contributed by atoms with Gasteiger partial charge < -0.3 is 20.0 Å². The highest BCUT2D eigenvalue weighted by Gasteiger charge is 2.49. The molecule has 270 valence electrons. The van der Waals surface area contributed by atoms with Crippen LogP contribution in [-0.4, -0.2) is 44.1 Å². The molecule has 0 aromatic carbocycles. The minimum atomic E-state index is -5.06. The maximum atomic E-state index is 13.3. The Morgan fingerprint density at radius 3 is 1.13 bits per heavy atom. The van der Waals surface area contributed by atoms with E-state index in [-0.39, 0.29) is 12.8 Å². The zero-order valence-electron chi connectivity index (χ0n) is 29.7. The topological polar surface area (TPSA) is 124 Å². The van der Waals surface area contributed by atoms with Gasteiger partial charge in [0.25, 0.3) is 0 Å². The number of phosphoric acid groups is 1. The molecule has 4 N–H and O–H groups in total. The second-order valence-corrected chi connectivity index (χ2v) is 14.8. The lowest BCUT2D eigenvalue weighted by Gasteiger charge is -2.35. The maximum absolute atomic E-state index is 13.3. The molecule has 0 aliphatic carbocycles. The number of Topliss-reactive ketones (excluding diaryl/α,β-unsaturated/α-hetero) is 1. The SMILES string of the molecule is CCCCCCCCCCCCCCCCCC(=O)C(CCCCCCCCCCCCCCCC)(OP(=O)(O)O)C(O)CO. The van der Waals surface area contributed by atoms with Gasteiger partial charge >= 0.3 is 7.82 Å². The van der Waals surface area contributed by atoms with Crippen LogP contribution in [0.5, 0.6) is 0 Å². The number of carbonyl (C=O) groups is 1. The van der Waals surface area contributed by atoms with Gasteiger partial charge in [0, 0.05) is 6.42 Å². The summed E-state index contributed by atoms with van der Waals surface area (Å²) < 4.78 is 16.9. The van der Waals surface area contributed by atoms with Gasteiger partial charge in [-0.25, -0.2) is 4.57 Å². The summed E-state index contributed by atoms with van der Waals surface area (Å²) in [6.07, 6.45) is 32.8. The summed E-state index contributed by atoms with van der Waals surface area (Å²) in [5, 5.41) is 20.3. The first-order chi connectivity index (χ1) is 21.7. The van der Waals surface area contributed by atoms with Crippen molar-refractivity contribution < 1.29 is 33.9 Å². The number of hydrogen-bond acceptors (Lipinski definition) is 5. The molecule has 0 spiro atoms. The summed E-state index contributed by atoms with van der Waals surface area (Å²) in [6.45, 7) is 3.71. The van der Waals surface area contributed by atoms with Gasteiger partial charge in [-0.05, 0) is 19.3 Å². The highest BCUT2D eigenvalue weighted by atomic mass is 31.2. The van der Waals surface area contributed by atoms with E-state index in [1.54, 1.807) is 0 Å². The van der Waals surface area contributed by atoms with E-state index in [0.717, 1.165) is 44.9 Å². The fraction of sp³-hybridized carbons (Fsp3) is 0.973. The largest absolute Gasteiger partial charge is 0.470 e. The Morgan fingerprint density at radius 2 is 0.844 bits per heavy atom. The molecular formula is C37H75O7P. The lowest BCUT2D eigenvalue weighted by molar-refractivity contribution is -0.153. The smallest absolute Gasteiger partial charge is 0.394 e. The number of phosphoric ester groups is 1. The molecule has 0 bridgehead atoms. The molecule has 45 heavy (non-hydrogen) atoms. The Bertz CT molecular complexity index is 698. The van der Waals surface area contributed by atoms with E-state index in [1.807, 2.05) is 0 Å². The molecule has 0 radical (unpaired) electrons. The van der Waals surface area contributed by atoms with Crippen molar-refractivity contribution in [1.29, 1.82) is 0 Å². The third-order valence-electron chi connectivity index (χ3n) is 9.37. The molecule has 0 fully saturated rings. The van der Waals surface area contributed by atoms with Gasteiger partial charge in [-0.1, -0.05) is 187 Å². The van der Waals surface area contributed by atoms with E-state index in [4.69, 9.17) is 4.52 Å². The van der Waals surface area contributed by atoms with Gasteiger partial charge in [0.2, 0.25) is 0 Å². The van der Waals surface area contributed by atoms with Crippen LogP contribution in [0, 0.1) is 0 Å². The van der Waals surface area contributed by atoms with Gasteiger partial charge in [-0.15, -0.1) is 0 Å². The Balaban J connectivity index is 4.30. The molecule has 0 aliphatic heterocycles. The summed E-state index contributed by atoms with van der Waals surface area (Å²) in [4.78, 5) is 32.5. The number of aliphatic hydroxyl groups is 2. The summed E-state index contributed by atoms with van der Waals surface area (Å²) in [5.41, 5.74) is -2.07. The highest BCUT2D eigenvalue weighted by molar-refractivity contribution is 7.46. The maximum Gasteiger partial charge on any atom is 0.470 e. The Kier molecular flexibility index (Phi) is 30.8. The van der Waals surface area contributed by atoms with Crippen LogP contribution in [0.2, 0.25) is 0 Å². The second-order valence-electron chi connectivity index (χ2n) is 13.6. The molecule has 0 amide bonds. The Labute approximate surface area is 278 Å². The Hall–Kier alpha value is -0.300. The first kappa shape index (κ1) is 44.7. The standard InChI is InChI=1S/C37H75O7P/c1-3-5-7-9-11-13-15-17-19-20-22-24-26-28-30-32-35(39)37(36(40)34-38,44-45(41,42)43)33-31-29-27-25-23-21-18-16-14-12-10-8-6-4-2/h36,38,40H,3-34H2,1-2H3,(H2,41,42,43). The third-order valence-corrected chi connectivity index (χ3v) is 9.94. The summed E-state index contributed by atoms with van der Waals surface area (Å²) >= 11 is 0. The van der Waals surface area contributed by atoms with Crippen LogP contribution in [0.25, 0.3) is 0 Å². The van der Waals surface area contributed by atoms with E-state index >= 15 is 0 Å². The molecule has 0 aromatic rings. The molecule has 0 rings (SSSR count). The van der Waals surface area contributed by atoms with E-state index in [9.17, 15) is 29.4 Å². The van der Waals surface area contributed by atoms with Crippen molar-refractivity contribution in [3.8, 4) is 0 Å². The van der Waals surface area contributed by atoms with Gasteiger partial charge in [0.1, 0.15) is 6.10 Å². The molecule has 8 heteroatoms. The van der Waals surface area contributed by atoms with Gasteiger partial charge in [-0.3, -0.25) is 9.32 Å². The zero-order valence-corrected chi connectivity index (χ0v) is 30.6. The molecule has 7 nitrogen and oxygen atoms in total. The lowest BCUT2D eigenvalue weighted by atomic mass is 9.84. The van der Waals surface area contributed by atoms with Crippen molar-refractivity contribution >= 4 is 13.6 Å². The third kappa shape index (κ3) is 26.4. The monoisotopic (exact) mass is 663 g/mol. The lowest BCUT2D eigenvalue weighted by Crippen LogP contribution is -2.52. The van der Waals surface area contributed by atoms with Crippen LogP contribution in [0.4, 0.5) is 0 Å². The van der Waals surface area contributed by atoms with Crippen molar-refractivity contribution in [3.63, 3.8) is 0 Å². The Morgan fingerprint density at radius 1 is 0.556 bits per heavy atom. The zero-order chi connectivity index (χ0) is 33.5. The van der Waals surface area contributed by atoms with Gasteiger partial charge in [-0.2, -0.15) is 0 Å². The van der Waals surface area contributed by atoms with Crippen LogP contribution in [-0.2, 0) is 13.9 Å². The first-order valence-electron chi connectivity index (χ1n) is 19.3. The van der Waals surface area contributed by atoms with Crippen molar-refractivity contribution in [3.05, 3.63) is 0 Å². The predicted octanol–water partition coefficient (Wildman–Crippen LogP) is 10.9. The number of rotatable bonds is 36. The number of ketones is 1. The first-order valence-corrected chi connectivity index (χ1v) is 20.8. The molecule has 2 unspecified atom stereocenters. The van der Waals surface area contributed by atoms with E-state index in [2.05, 4.69) is 13.8 Å². The predicted molar refractivity (Wildman–Crippen MR) is 188 cm³/mol. The molecule has 0 saturated heterocycles. The van der Waals surface area contributed by atoms with Crippen molar-refractivity contribution in [2.24, 2.45) is 0 Å². The highest BCUT2D eigenvalue weighted by Crippen LogP contribution is 2.45. The molecule has 2 atom stereocenters. The van der Waals surface area contributed by atoms with Crippen molar-refractivity contribution in [2.45, 2.75) is 225 Å². The molecule has 0 aromatic heterocycles. The van der Waals surface area contributed by atoms with Gasteiger partial charge in [0.15, 0.2) is 11.4 Å². The average Bonchev–Trinajstić information content (AvgIpc) is 3.01. The number of carbonyl (C=O) groups excluding carboxylic acids is 1. The van der Waals surface area contributed by atoms with Crippen molar-refractivity contribution in [2.75, 3.05) is 6.61 Å². The van der Waals surface area contributed by atoms with Gasteiger partial charge in [0.05, 0.1) is 6.61 Å². The van der Waals surface area contributed by atoms with Crippen LogP contribution >= 0.6 is 7.82 Å². The van der Waals surface area contributed by atoms with Crippen LogP contribution < -0.4 is 0 Å². The fourth-order valence-electron chi connectivity index (χ4n) is 6.46. The van der Waals surface area contributed by atoms with Crippen LogP contribution in [0.1, 0.15) is 213 Å². The quantitative estimate of drug-likeness (QED) is 0.0389. The number of hydrogen-bond donors (Lipinski definition) is 4. The molecule has 0 aliphatic rings. The molecular weight excluding hydrogens is 587 g/mol. The number of unbranched alkanes of at least 4 members (excludes halogenated alkanes) is 27. The average molecular weight is 663 g/mol. The van der Waals surface area contributed by atoms with Crippen molar-refractivity contribution in [1.82, 2.24) is 0 Å². The molecule has 0 heterocycles.